The molecular weight excluding hydrogens is 266 g/mol. The highest BCUT2D eigenvalue weighted by Gasteiger charge is 2.05. The summed E-state index contributed by atoms with van der Waals surface area (Å²) in [4.78, 5) is 11.4. The van der Waals surface area contributed by atoms with Gasteiger partial charge < -0.3 is 10.1 Å². The predicted octanol–water partition coefficient (Wildman–Crippen LogP) is 2.73. The standard InChI is InChI=1S/C16H15N3O2/c1-21-16(20)12-5-7-14(8-6-12)17-10-13-11-18-19-9-3-2-4-15(13)19/h2-9,11,17H,10H2,1H3. The molecule has 0 bridgehead atoms. The fraction of sp³-hybridized carbons (Fsp3) is 0.125. The Morgan fingerprint density at radius 2 is 2.05 bits per heavy atom. The van der Waals surface area contributed by atoms with Gasteiger partial charge in [0.1, 0.15) is 0 Å². The molecule has 0 radical (unpaired) electrons. The van der Waals surface area contributed by atoms with Gasteiger partial charge in [-0.25, -0.2) is 9.31 Å². The monoisotopic (exact) mass is 281 g/mol. The van der Waals surface area contributed by atoms with Gasteiger partial charge in [0, 0.05) is 24.0 Å². The number of anilines is 1. The number of nitrogens with zero attached hydrogens (tertiary/aromatic N) is 2. The molecule has 21 heavy (non-hydrogen) atoms. The normalized spacial score (nSPS) is 10.5. The summed E-state index contributed by atoms with van der Waals surface area (Å²) in [5, 5.41) is 7.61. The van der Waals surface area contributed by atoms with Gasteiger partial charge in [-0.2, -0.15) is 5.10 Å². The van der Waals surface area contributed by atoms with E-state index in [1.165, 1.54) is 7.11 Å². The first kappa shape index (κ1) is 13.2. The Balaban J connectivity index is 1.71. The lowest BCUT2D eigenvalue weighted by molar-refractivity contribution is 0.0601. The molecule has 5 nitrogen and oxygen atoms in total. The molecule has 2 heterocycles. The van der Waals surface area contributed by atoms with Crippen LogP contribution in [0.4, 0.5) is 5.69 Å². The van der Waals surface area contributed by atoms with E-state index in [-0.39, 0.29) is 5.97 Å². The third-order valence-corrected chi connectivity index (χ3v) is 3.30. The quantitative estimate of drug-likeness (QED) is 0.747. The van der Waals surface area contributed by atoms with Crippen LogP contribution in [0.15, 0.2) is 54.9 Å². The molecule has 0 atom stereocenters. The lowest BCUT2D eigenvalue weighted by atomic mass is 10.2. The van der Waals surface area contributed by atoms with Crippen LogP contribution in [0, 0.1) is 0 Å². The number of pyridine rings is 1. The van der Waals surface area contributed by atoms with Crippen LogP contribution in [-0.2, 0) is 11.3 Å². The van der Waals surface area contributed by atoms with Gasteiger partial charge in [0.15, 0.2) is 0 Å². The number of aromatic nitrogens is 2. The van der Waals surface area contributed by atoms with Crippen molar-refractivity contribution in [3.8, 4) is 0 Å². The molecule has 0 saturated carbocycles. The first-order valence-corrected chi connectivity index (χ1v) is 6.61. The topological polar surface area (TPSA) is 55.6 Å². The van der Waals surface area contributed by atoms with Crippen molar-refractivity contribution in [1.29, 1.82) is 0 Å². The first-order valence-electron chi connectivity index (χ1n) is 6.61. The van der Waals surface area contributed by atoms with E-state index in [0.717, 1.165) is 16.8 Å². The lowest BCUT2D eigenvalue weighted by Crippen LogP contribution is -2.02. The minimum atomic E-state index is -0.329. The molecule has 0 aliphatic heterocycles. The lowest BCUT2D eigenvalue weighted by Gasteiger charge is -2.06. The van der Waals surface area contributed by atoms with Gasteiger partial charge in [-0.3, -0.25) is 0 Å². The Labute approximate surface area is 122 Å². The number of nitrogens with one attached hydrogen (secondary N) is 1. The summed E-state index contributed by atoms with van der Waals surface area (Å²) in [5.74, 6) is -0.329. The second-order valence-corrected chi connectivity index (χ2v) is 4.62. The Morgan fingerprint density at radius 1 is 1.24 bits per heavy atom. The van der Waals surface area contributed by atoms with Crippen LogP contribution in [0.25, 0.3) is 5.52 Å². The molecule has 0 spiro atoms. The second-order valence-electron chi connectivity index (χ2n) is 4.62. The van der Waals surface area contributed by atoms with E-state index in [4.69, 9.17) is 0 Å². The zero-order valence-corrected chi connectivity index (χ0v) is 11.6. The maximum Gasteiger partial charge on any atom is 0.337 e. The molecule has 3 rings (SSSR count). The molecule has 2 aromatic heterocycles. The van der Waals surface area contributed by atoms with Gasteiger partial charge in [-0.05, 0) is 36.4 Å². The highest BCUT2D eigenvalue weighted by molar-refractivity contribution is 5.89. The molecule has 0 amide bonds. The van der Waals surface area contributed by atoms with E-state index in [2.05, 4.69) is 15.2 Å². The van der Waals surface area contributed by atoms with Crippen LogP contribution in [0.1, 0.15) is 15.9 Å². The Bertz CT molecular complexity index is 763. The number of hydrogen-bond donors (Lipinski definition) is 1. The minimum absolute atomic E-state index is 0.329. The highest BCUT2D eigenvalue weighted by Crippen LogP contribution is 2.14. The predicted molar refractivity (Wildman–Crippen MR) is 80.3 cm³/mol. The van der Waals surface area contributed by atoms with Crippen LogP contribution in [0.5, 0.6) is 0 Å². The van der Waals surface area contributed by atoms with E-state index in [0.29, 0.717) is 12.1 Å². The number of carbonyl (C=O) groups excluding carboxylic acids is 1. The van der Waals surface area contributed by atoms with Crippen LogP contribution in [-0.4, -0.2) is 22.7 Å². The van der Waals surface area contributed by atoms with Gasteiger partial charge in [0.25, 0.3) is 0 Å². The van der Waals surface area contributed by atoms with E-state index in [1.807, 2.05) is 47.2 Å². The molecule has 0 unspecified atom stereocenters. The van der Waals surface area contributed by atoms with Crippen molar-refractivity contribution in [2.24, 2.45) is 0 Å². The molecule has 0 aliphatic carbocycles. The molecule has 5 heteroatoms. The van der Waals surface area contributed by atoms with Crippen molar-refractivity contribution in [3.63, 3.8) is 0 Å². The molecule has 106 valence electrons. The zero-order valence-electron chi connectivity index (χ0n) is 11.6. The third-order valence-electron chi connectivity index (χ3n) is 3.30. The average molecular weight is 281 g/mol. The van der Waals surface area contributed by atoms with Crippen molar-refractivity contribution >= 4 is 17.2 Å². The Kier molecular flexibility index (Phi) is 3.55. The van der Waals surface area contributed by atoms with Gasteiger partial charge in [-0.1, -0.05) is 6.07 Å². The summed E-state index contributed by atoms with van der Waals surface area (Å²) in [7, 11) is 1.37. The van der Waals surface area contributed by atoms with Gasteiger partial charge >= 0.3 is 5.97 Å². The SMILES string of the molecule is COC(=O)c1ccc(NCc2cnn3ccccc23)cc1. The maximum atomic E-state index is 11.4. The molecule has 0 saturated heterocycles. The number of rotatable bonds is 4. The number of ether oxygens (including phenoxy) is 1. The molecule has 1 aromatic carbocycles. The minimum Gasteiger partial charge on any atom is -0.465 e. The summed E-state index contributed by atoms with van der Waals surface area (Å²) in [6.07, 6.45) is 3.77. The van der Waals surface area contributed by atoms with Crippen molar-refractivity contribution in [2.45, 2.75) is 6.54 Å². The summed E-state index contributed by atoms with van der Waals surface area (Å²) in [5.41, 5.74) is 3.68. The largest absolute Gasteiger partial charge is 0.465 e. The average Bonchev–Trinajstić information content (AvgIpc) is 2.96. The second kappa shape index (κ2) is 5.66. The van der Waals surface area contributed by atoms with Gasteiger partial charge in [-0.15, -0.1) is 0 Å². The summed E-state index contributed by atoms with van der Waals surface area (Å²) < 4.78 is 6.52. The van der Waals surface area contributed by atoms with E-state index >= 15 is 0 Å². The Hall–Kier alpha value is -2.82. The molecule has 1 N–H and O–H groups in total. The molecule has 0 fully saturated rings. The van der Waals surface area contributed by atoms with Crippen LogP contribution < -0.4 is 5.32 Å². The maximum absolute atomic E-state index is 11.4. The number of esters is 1. The fourth-order valence-electron chi connectivity index (χ4n) is 2.16. The van der Waals surface area contributed by atoms with Crippen molar-refractivity contribution in [3.05, 3.63) is 66.0 Å². The molecular formula is C16H15N3O2. The zero-order chi connectivity index (χ0) is 14.7. The summed E-state index contributed by atoms with van der Waals surface area (Å²) >= 11 is 0. The third kappa shape index (κ3) is 2.72. The van der Waals surface area contributed by atoms with E-state index in [1.54, 1.807) is 12.1 Å². The molecule has 3 aromatic rings. The highest BCUT2D eigenvalue weighted by atomic mass is 16.5. The Morgan fingerprint density at radius 3 is 2.81 bits per heavy atom. The van der Waals surface area contributed by atoms with Crippen molar-refractivity contribution in [1.82, 2.24) is 9.61 Å². The van der Waals surface area contributed by atoms with Gasteiger partial charge in [0.2, 0.25) is 0 Å². The van der Waals surface area contributed by atoms with E-state index < -0.39 is 0 Å². The van der Waals surface area contributed by atoms with E-state index in [9.17, 15) is 4.79 Å². The first-order chi connectivity index (χ1) is 10.3. The van der Waals surface area contributed by atoms with Crippen LogP contribution in [0.2, 0.25) is 0 Å². The molecule has 0 aliphatic rings. The van der Waals surface area contributed by atoms with Crippen LogP contribution in [0.3, 0.4) is 0 Å². The summed E-state index contributed by atoms with van der Waals surface area (Å²) in [6.45, 7) is 0.672. The van der Waals surface area contributed by atoms with Crippen LogP contribution >= 0.6 is 0 Å². The summed E-state index contributed by atoms with van der Waals surface area (Å²) in [6, 6.07) is 13.2. The number of benzene rings is 1. The fourth-order valence-corrected chi connectivity index (χ4v) is 2.16. The smallest absolute Gasteiger partial charge is 0.337 e. The number of hydrogen-bond acceptors (Lipinski definition) is 4. The number of fused-ring (bicyclic) bond motifs is 1. The van der Waals surface area contributed by atoms with Crippen molar-refractivity contribution < 1.29 is 9.53 Å². The van der Waals surface area contributed by atoms with Crippen molar-refractivity contribution in [2.75, 3.05) is 12.4 Å². The van der Waals surface area contributed by atoms with Gasteiger partial charge in [0.05, 0.1) is 24.4 Å². The number of carbonyl (C=O) groups is 1. The number of methoxy groups -OCH3 is 1.